The highest BCUT2D eigenvalue weighted by molar-refractivity contribution is 7.92. The van der Waals surface area contributed by atoms with Gasteiger partial charge in [0.1, 0.15) is 0 Å². The molecule has 0 saturated heterocycles. The van der Waals surface area contributed by atoms with Crippen LogP contribution in [0.15, 0.2) is 42.0 Å². The molecule has 0 atom stereocenters. The summed E-state index contributed by atoms with van der Waals surface area (Å²) in [5, 5.41) is 4.60. The van der Waals surface area contributed by atoms with E-state index >= 15 is 0 Å². The first-order valence-electron chi connectivity index (χ1n) is 8.29. The highest BCUT2D eigenvalue weighted by atomic mass is 32.2. The van der Waals surface area contributed by atoms with Gasteiger partial charge in [-0.3, -0.25) is 13.5 Å². The van der Waals surface area contributed by atoms with Gasteiger partial charge in [-0.2, -0.15) is 0 Å². The average Bonchev–Trinajstić information content (AvgIpc) is 3.28. The fourth-order valence-corrected chi connectivity index (χ4v) is 5.26. The number of sulfonamides is 1. The molecule has 1 amide bonds. The molecule has 1 N–H and O–H groups in total. The molecule has 0 radical (unpaired) electrons. The van der Waals surface area contributed by atoms with Crippen molar-refractivity contribution in [3.8, 4) is 0 Å². The molecule has 3 aromatic rings. The summed E-state index contributed by atoms with van der Waals surface area (Å²) in [6.07, 6.45) is 4.55. The van der Waals surface area contributed by atoms with Gasteiger partial charge in [0, 0.05) is 30.9 Å². The first-order valence-corrected chi connectivity index (χ1v) is 10.8. The molecule has 0 unspecified atom stereocenters. The Bertz CT molecular complexity index is 1030. The van der Waals surface area contributed by atoms with Crippen LogP contribution in [-0.4, -0.2) is 42.6 Å². The van der Waals surface area contributed by atoms with Gasteiger partial charge in [0.15, 0.2) is 4.96 Å². The second-order valence-electron chi connectivity index (χ2n) is 6.12. The molecule has 7 nitrogen and oxygen atoms in total. The molecule has 3 heterocycles. The number of nitrogens with one attached hydrogen (secondary N) is 1. The first-order chi connectivity index (χ1) is 12.5. The van der Waals surface area contributed by atoms with Crippen LogP contribution in [-0.2, 0) is 27.7 Å². The molecular weight excluding hydrogens is 372 g/mol. The highest BCUT2D eigenvalue weighted by Crippen LogP contribution is 2.29. The van der Waals surface area contributed by atoms with Crippen LogP contribution < -0.4 is 9.62 Å². The van der Waals surface area contributed by atoms with Crippen LogP contribution in [0.2, 0.25) is 0 Å². The Morgan fingerprint density at radius 3 is 3.00 bits per heavy atom. The topological polar surface area (TPSA) is 83.8 Å². The molecule has 136 valence electrons. The molecule has 1 aliphatic rings. The van der Waals surface area contributed by atoms with E-state index in [9.17, 15) is 13.2 Å². The Balaban J connectivity index is 1.32. The molecule has 1 aliphatic heterocycles. The van der Waals surface area contributed by atoms with Crippen molar-refractivity contribution in [2.24, 2.45) is 0 Å². The minimum absolute atomic E-state index is 0.0854. The number of amides is 1. The summed E-state index contributed by atoms with van der Waals surface area (Å²) in [4.78, 5) is 17.2. The Morgan fingerprint density at radius 2 is 2.15 bits per heavy atom. The quantitative estimate of drug-likeness (QED) is 0.690. The lowest BCUT2D eigenvalue weighted by atomic mass is 10.2. The van der Waals surface area contributed by atoms with Gasteiger partial charge in [-0.25, -0.2) is 13.4 Å². The van der Waals surface area contributed by atoms with E-state index in [-0.39, 0.29) is 24.6 Å². The molecular formula is C17H18N4O3S2. The second-order valence-corrected chi connectivity index (χ2v) is 9.00. The van der Waals surface area contributed by atoms with Gasteiger partial charge in [-0.1, -0.05) is 18.2 Å². The number of nitrogens with zero attached hydrogens (tertiary/aromatic N) is 3. The van der Waals surface area contributed by atoms with Crippen molar-refractivity contribution in [2.45, 2.75) is 12.8 Å². The Morgan fingerprint density at radius 1 is 1.31 bits per heavy atom. The van der Waals surface area contributed by atoms with Gasteiger partial charge >= 0.3 is 0 Å². The Labute approximate surface area is 155 Å². The minimum atomic E-state index is -3.45. The second kappa shape index (κ2) is 6.73. The highest BCUT2D eigenvalue weighted by Gasteiger charge is 2.28. The van der Waals surface area contributed by atoms with E-state index in [0.717, 1.165) is 22.6 Å². The molecule has 0 aliphatic carbocycles. The number of para-hydroxylation sites is 1. The van der Waals surface area contributed by atoms with Crippen molar-refractivity contribution in [1.29, 1.82) is 0 Å². The summed E-state index contributed by atoms with van der Waals surface area (Å²) in [5.41, 5.74) is 2.46. The third kappa shape index (κ3) is 3.32. The summed E-state index contributed by atoms with van der Waals surface area (Å²) in [6, 6.07) is 7.52. The Hall–Kier alpha value is -2.39. The van der Waals surface area contributed by atoms with Gasteiger partial charge in [-0.15, -0.1) is 11.3 Å². The fraction of sp³-hybridized carbons (Fsp3) is 0.294. The monoisotopic (exact) mass is 390 g/mol. The van der Waals surface area contributed by atoms with E-state index in [1.54, 1.807) is 0 Å². The van der Waals surface area contributed by atoms with E-state index < -0.39 is 10.0 Å². The number of anilines is 1. The number of hydrogen-bond donors (Lipinski definition) is 1. The van der Waals surface area contributed by atoms with Gasteiger partial charge < -0.3 is 5.32 Å². The molecule has 0 fully saturated rings. The number of hydrogen-bond acceptors (Lipinski definition) is 5. The summed E-state index contributed by atoms with van der Waals surface area (Å²) >= 11 is 1.50. The van der Waals surface area contributed by atoms with Crippen molar-refractivity contribution in [1.82, 2.24) is 14.7 Å². The van der Waals surface area contributed by atoms with Crippen LogP contribution in [0.3, 0.4) is 0 Å². The summed E-state index contributed by atoms with van der Waals surface area (Å²) < 4.78 is 28.5. The summed E-state index contributed by atoms with van der Waals surface area (Å²) in [6.45, 7) is 0.545. The number of benzene rings is 1. The first kappa shape index (κ1) is 17.0. The van der Waals surface area contributed by atoms with Crippen LogP contribution in [0, 0.1) is 0 Å². The largest absolute Gasteiger partial charge is 0.355 e. The maximum absolute atomic E-state index is 12.6. The van der Waals surface area contributed by atoms with Gasteiger partial charge in [0.25, 0.3) is 0 Å². The number of carbonyl (C=O) groups is 1. The molecule has 1 aromatic carbocycles. The summed E-state index contributed by atoms with van der Waals surface area (Å²) in [5.74, 6) is -0.349. The number of aromatic nitrogens is 2. The molecule has 9 heteroatoms. The number of imidazole rings is 1. The zero-order valence-electron chi connectivity index (χ0n) is 14.0. The third-order valence-electron chi connectivity index (χ3n) is 4.35. The smallest absolute Gasteiger partial charge is 0.236 e. The van der Waals surface area contributed by atoms with Crippen molar-refractivity contribution in [3.05, 3.63) is 53.3 Å². The predicted octanol–water partition coefficient (Wildman–Crippen LogP) is 1.45. The lowest BCUT2D eigenvalue weighted by Gasteiger charge is -2.19. The number of fused-ring (bicyclic) bond motifs is 2. The predicted molar refractivity (Wildman–Crippen MR) is 101 cm³/mol. The lowest BCUT2D eigenvalue weighted by Crippen LogP contribution is -2.37. The zero-order valence-corrected chi connectivity index (χ0v) is 15.6. The standard InChI is InChI=1S/C17H18N4O3S2/c22-16(11-14-12-20-8-9-25-17(20)19-14)18-6-10-26(23,24)21-7-5-13-3-1-2-4-15(13)21/h1-4,8-9,12H,5-7,10-11H2,(H,18,22). The van der Waals surface area contributed by atoms with E-state index in [1.165, 1.54) is 15.6 Å². The fourth-order valence-electron chi connectivity index (χ4n) is 3.11. The summed E-state index contributed by atoms with van der Waals surface area (Å²) in [7, 11) is -3.45. The molecule has 0 saturated carbocycles. The van der Waals surface area contributed by atoms with Crippen molar-refractivity contribution >= 4 is 37.9 Å². The van der Waals surface area contributed by atoms with Crippen molar-refractivity contribution in [3.63, 3.8) is 0 Å². The number of carbonyl (C=O) groups excluding carboxylic acids is 1. The zero-order chi connectivity index (χ0) is 18.1. The molecule has 0 spiro atoms. The molecule has 2 aromatic heterocycles. The van der Waals surface area contributed by atoms with E-state index in [1.807, 2.05) is 46.4 Å². The maximum Gasteiger partial charge on any atom is 0.236 e. The van der Waals surface area contributed by atoms with Crippen LogP contribution in [0.1, 0.15) is 11.3 Å². The van der Waals surface area contributed by atoms with E-state index in [4.69, 9.17) is 0 Å². The minimum Gasteiger partial charge on any atom is -0.355 e. The number of thiazole rings is 1. The SMILES string of the molecule is O=C(Cc1cn2ccsc2n1)NCCS(=O)(=O)N1CCc2ccccc21. The lowest BCUT2D eigenvalue weighted by molar-refractivity contribution is -0.120. The van der Waals surface area contributed by atoms with Crippen LogP contribution in [0.25, 0.3) is 4.96 Å². The molecule has 0 bridgehead atoms. The van der Waals surface area contributed by atoms with E-state index in [0.29, 0.717) is 12.2 Å². The van der Waals surface area contributed by atoms with Gasteiger partial charge in [0.05, 0.1) is 23.6 Å². The number of rotatable bonds is 6. The van der Waals surface area contributed by atoms with Crippen molar-refractivity contribution in [2.75, 3.05) is 23.1 Å². The molecule has 4 rings (SSSR count). The third-order valence-corrected chi connectivity index (χ3v) is 6.89. The van der Waals surface area contributed by atoms with Crippen molar-refractivity contribution < 1.29 is 13.2 Å². The normalized spacial score (nSPS) is 13.9. The van der Waals surface area contributed by atoms with Gasteiger partial charge in [-0.05, 0) is 18.1 Å². The van der Waals surface area contributed by atoms with Gasteiger partial charge in [0.2, 0.25) is 15.9 Å². The molecule has 26 heavy (non-hydrogen) atoms. The average molecular weight is 390 g/mol. The van der Waals surface area contributed by atoms with Crippen LogP contribution >= 0.6 is 11.3 Å². The maximum atomic E-state index is 12.6. The Kier molecular flexibility index (Phi) is 4.41. The van der Waals surface area contributed by atoms with Crippen LogP contribution in [0.4, 0.5) is 5.69 Å². The van der Waals surface area contributed by atoms with E-state index in [2.05, 4.69) is 10.3 Å². The van der Waals surface area contributed by atoms with Crippen LogP contribution in [0.5, 0.6) is 0 Å².